The number of furan rings is 1. The first-order valence-corrected chi connectivity index (χ1v) is 17.4. The Morgan fingerprint density at radius 2 is 1.14 bits per heavy atom. The van der Waals surface area contributed by atoms with Crippen LogP contribution >= 0.6 is 0 Å². The van der Waals surface area contributed by atoms with Gasteiger partial charge in [0.15, 0.2) is 5.82 Å². The van der Waals surface area contributed by atoms with Crippen molar-refractivity contribution >= 4 is 49.2 Å². The van der Waals surface area contributed by atoms with E-state index >= 15 is 0 Å². The summed E-state index contributed by atoms with van der Waals surface area (Å²) in [5.41, 5.74) is 12.0. The molecule has 1 aliphatic carbocycles. The Bertz CT molecular complexity index is 2830. The lowest BCUT2D eigenvalue weighted by molar-refractivity contribution is 0.673. The van der Waals surface area contributed by atoms with E-state index in [1.165, 1.54) is 5.39 Å². The van der Waals surface area contributed by atoms with E-state index in [0.29, 0.717) is 0 Å². The van der Waals surface area contributed by atoms with Gasteiger partial charge in [-0.3, -0.25) is 0 Å². The van der Waals surface area contributed by atoms with E-state index < -0.39 is 0 Å². The van der Waals surface area contributed by atoms with Crippen LogP contribution in [0.1, 0.15) is 18.7 Å². The fourth-order valence-electron chi connectivity index (χ4n) is 7.35. The maximum absolute atomic E-state index is 6.60. The number of hydrogen-bond acceptors (Lipinski definition) is 4. The monoisotopic (exact) mass is 653 g/mol. The van der Waals surface area contributed by atoms with Gasteiger partial charge in [0, 0.05) is 27.6 Å². The zero-order chi connectivity index (χ0) is 33.7. The maximum atomic E-state index is 6.60. The van der Waals surface area contributed by atoms with Crippen molar-refractivity contribution in [2.75, 3.05) is 0 Å². The Balaban J connectivity index is 1.03. The molecule has 1 aliphatic rings. The molecule has 3 aromatic heterocycles. The van der Waals surface area contributed by atoms with Crippen LogP contribution in [0.2, 0.25) is 0 Å². The highest BCUT2D eigenvalue weighted by molar-refractivity contribution is 6.25. The molecule has 0 unspecified atom stereocenters. The first kappa shape index (κ1) is 29.3. The third-order valence-corrected chi connectivity index (χ3v) is 9.92. The van der Waals surface area contributed by atoms with Crippen LogP contribution in [-0.4, -0.2) is 15.0 Å². The summed E-state index contributed by atoms with van der Waals surface area (Å²) in [7, 11) is 0. The summed E-state index contributed by atoms with van der Waals surface area (Å²) in [4.78, 5) is 15.3. The molecule has 0 radical (unpaired) electrons. The molecule has 51 heavy (non-hydrogen) atoms. The van der Waals surface area contributed by atoms with Gasteiger partial charge in [0.1, 0.15) is 11.2 Å². The Morgan fingerprint density at radius 3 is 1.88 bits per heavy atom. The molecule has 4 nitrogen and oxygen atoms in total. The second-order valence-corrected chi connectivity index (χ2v) is 13.1. The van der Waals surface area contributed by atoms with E-state index in [2.05, 4.69) is 146 Å². The summed E-state index contributed by atoms with van der Waals surface area (Å²) in [6.45, 7) is 0. The van der Waals surface area contributed by atoms with Crippen LogP contribution in [0, 0.1) is 0 Å². The molecule has 4 heteroatoms. The summed E-state index contributed by atoms with van der Waals surface area (Å²) in [6.07, 6.45) is 8.63. The molecule has 0 fully saturated rings. The smallest absolute Gasteiger partial charge is 0.160 e. The summed E-state index contributed by atoms with van der Waals surface area (Å²) >= 11 is 0. The van der Waals surface area contributed by atoms with Gasteiger partial charge < -0.3 is 4.42 Å². The van der Waals surface area contributed by atoms with E-state index in [1.54, 1.807) is 0 Å². The van der Waals surface area contributed by atoms with Crippen molar-refractivity contribution in [1.82, 2.24) is 15.0 Å². The fourth-order valence-corrected chi connectivity index (χ4v) is 7.35. The van der Waals surface area contributed by atoms with Crippen molar-refractivity contribution in [3.05, 3.63) is 170 Å². The van der Waals surface area contributed by atoms with Crippen molar-refractivity contribution in [3.8, 4) is 44.9 Å². The van der Waals surface area contributed by atoms with Gasteiger partial charge in [0.2, 0.25) is 0 Å². The van der Waals surface area contributed by atoms with Gasteiger partial charge in [-0.1, -0.05) is 146 Å². The second-order valence-electron chi connectivity index (χ2n) is 13.1. The third-order valence-electron chi connectivity index (χ3n) is 9.92. The normalized spacial score (nSPS) is 13.0. The minimum atomic E-state index is 0.761. The van der Waals surface area contributed by atoms with Crippen molar-refractivity contribution in [3.63, 3.8) is 0 Å². The molecule has 0 saturated heterocycles. The average molecular weight is 654 g/mol. The van der Waals surface area contributed by atoms with Gasteiger partial charge in [-0.2, -0.15) is 0 Å². The minimum Gasteiger partial charge on any atom is -0.455 e. The van der Waals surface area contributed by atoms with Gasteiger partial charge in [-0.15, -0.1) is 0 Å². The van der Waals surface area contributed by atoms with E-state index in [9.17, 15) is 0 Å². The molecule has 0 bridgehead atoms. The lowest BCUT2D eigenvalue weighted by Crippen LogP contribution is -1.99. The first-order chi connectivity index (χ1) is 25.3. The number of para-hydroxylation sites is 1. The number of nitrogens with zero attached hydrogens (tertiary/aromatic N) is 3. The summed E-state index contributed by atoms with van der Waals surface area (Å²) < 4.78 is 6.60. The van der Waals surface area contributed by atoms with Crippen molar-refractivity contribution in [2.24, 2.45) is 0 Å². The van der Waals surface area contributed by atoms with Crippen LogP contribution in [0.4, 0.5) is 0 Å². The number of aromatic nitrogens is 3. The quantitative estimate of drug-likeness (QED) is 0.173. The number of hydrogen-bond donors (Lipinski definition) is 0. The largest absolute Gasteiger partial charge is 0.455 e. The summed E-state index contributed by atoms with van der Waals surface area (Å²) in [5, 5.41) is 5.49. The molecular formula is C47H31N3O. The van der Waals surface area contributed by atoms with Crippen LogP contribution in [0.3, 0.4) is 0 Å². The molecule has 0 aliphatic heterocycles. The van der Waals surface area contributed by atoms with Crippen LogP contribution < -0.4 is 0 Å². The number of rotatable bonds is 5. The molecule has 0 atom stereocenters. The number of benzene rings is 6. The van der Waals surface area contributed by atoms with Crippen molar-refractivity contribution in [1.29, 1.82) is 0 Å². The summed E-state index contributed by atoms with van der Waals surface area (Å²) in [6, 6.07) is 50.8. The molecule has 0 saturated carbocycles. The number of pyridine rings is 1. The molecule has 9 aromatic rings. The Morgan fingerprint density at radius 1 is 0.490 bits per heavy atom. The Labute approximate surface area is 295 Å². The molecule has 0 amide bonds. The van der Waals surface area contributed by atoms with E-state index in [1.807, 2.05) is 18.2 Å². The molecular weight excluding hydrogens is 623 g/mol. The van der Waals surface area contributed by atoms with Crippen molar-refractivity contribution in [2.45, 2.75) is 12.8 Å². The molecule has 0 spiro atoms. The molecule has 0 N–H and O–H groups in total. The average Bonchev–Trinajstić information content (AvgIpc) is 3.61. The van der Waals surface area contributed by atoms with Gasteiger partial charge in [-0.25, -0.2) is 15.0 Å². The predicted octanol–water partition coefficient (Wildman–Crippen LogP) is 12.5. The van der Waals surface area contributed by atoms with E-state index in [-0.39, 0.29) is 0 Å². The lowest BCUT2D eigenvalue weighted by atomic mass is 9.97. The van der Waals surface area contributed by atoms with Crippen LogP contribution in [0.5, 0.6) is 0 Å². The van der Waals surface area contributed by atoms with Crippen LogP contribution in [0.25, 0.3) is 94.1 Å². The maximum Gasteiger partial charge on any atom is 0.160 e. The molecule has 6 aromatic carbocycles. The highest BCUT2D eigenvalue weighted by Gasteiger charge is 2.19. The highest BCUT2D eigenvalue weighted by Crippen LogP contribution is 2.42. The zero-order valence-corrected chi connectivity index (χ0v) is 27.8. The van der Waals surface area contributed by atoms with Gasteiger partial charge >= 0.3 is 0 Å². The third kappa shape index (κ3) is 5.12. The van der Waals surface area contributed by atoms with Gasteiger partial charge in [0.25, 0.3) is 0 Å². The summed E-state index contributed by atoms with van der Waals surface area (Å²) in [5.74, 6) is 0.761. The standard InChI is InChI=1S/C47H31N3O/c1-3-12-33(13-4-1)40-29-41(50-47(49-40)36-14-5-2-6-15-36)34-23-19-30(20-24-34)31-21-25-35(26-22-31)45-44-38-17-9-10-18-42(38)51-46(44)43-37-16-8-7-11-32(37)27-28-39(43)48-45/h1,3-5,7-29H,2,6H2. The van der Waals surface area contributed by atoms with Crippen molar-refractivity contribution < 1.29 is 4.42 Å². The number of allylic oxidation sites excluding steroid dienone is 4. The molecule has 240 valence electrons. The lowest BCUT2D eigenvalue weighted by Gasteiger charge is -2.12. The van der Waals surface area contributed by atoms with Gasteiger partial charge in [-0.05, 0) is 52.9 Å². The minimum absolute atomic E-state index is 0.761. The van der Waals surface area contributed by atoms with E-state index in [0.717, 1.165) is 107 Å². The fraction of sp³-hybridized carbons (Fsp3) is 0.0426. The van der Waals surface area contributed by atoms with Crippen LogP contribution in [-0.2, 0) is 0 Å². The zero-order valence-electron chi connectivity index (χ0n) is 27.8. The number of fused-ring (bicyclic) bond motifs is 7. The SMILES string of the molecule is C1=CC(c2nc(-c3ccccc3)cc(-c3ccc(-c4ccc(-c5nc6ccc7ccccc7c6c6oc7ccccc7c56)cc4)cc3)n2)=CCC1. The predicted molar refractivity (Wildman–Crippen MR) is 210 cm³/mol. The topological polar surface area (TPSA) is 51.8 Å². The van der Waals surface area contributed by atoms with Crippen LogP contribution in [0.15, 0.2) is 168 Å². The molecule has 3 heterocycles. The Kier molecular flexibility index (Phi) is 6.91. The highest BCUT2D eigenvalue weighted by atomic mass is 16.3. The second kappa shape index (κ2) is 12.0. The molecule has 10 rings (SSSR count). The van der Waals surface area contributed by atoms with Gasteiger partial charge in [0.05, 0.1) is 33.4 Å². The first-order valence-electron chi connectivity index (χ1n) is 17.4. The Hall–Kier alpha value is -6.65. The van der Waals surface area contributed by atoms with E-state index in [4.69, 9.17) is 19.4 Å².